The fourth-order valence-electron chi connectivity index (χ4n) is 4.59. The summed E-state index contributed by atoms with van der Waals surface area (Å²) >= 11 is 0. The largest absolute Gasteiger partial charge is 0.480 e. The van der Waals surface area contributed by atoms with Crippen molar-refractivity contribution in [3.05, 3.63) is 119 Å². The van der Waals surface area contributed by atoms with Crippen LogP contribution in [0, 0.1) is 11.3 Å². The van der Waals surface area contributed by atoms with Crippen LogP contribution < -0.4 is 4.90 Å². The van der Waals surface area contributed by atoms with Crippen LogP contribution in [0.2, 0.25) is 0 Å². The molecule has 0 saturated carbocycles. The number of hydrogen-bond donors (Lipinski definition) is 1. The van der Waals surface area contributed by atoms with Crippen LogP contribution in [0.3, 0.4) is 0 Å². The standard InChI is InChI=1S/C30H29N5O2/c1-30(2,3)35(20-27(36)37)26-13-5-12-25(34-26)29(22-9-4-8-21(16-22)17-31)28(23-10-6-14-32-18-23)24-11-7-15-33-19-24/h4-16,18-19,28-29H,20H2,1-3H3,(H,36,37). The molecule has 1 unspecified atom stereocenters. The summed E-state index contributed by atoms with van der Waals surface area (Å²) in [5, 5.41) is 19.2. The van der Waals surface area contributed by atoms with Gasteiger partial charge in [0.1, 0.15) is 12.4 Å². The Bertz CT molecular complexity index is 1360. The molecule has 3 heterocycles. The highest BCUT2D eigenvalue weighted by atomic mass is 16.4. The van der Waals surface area contributed by atoms with Gasteiger partial charge >= 0.3 is 5.97 Å². The van der Waals surface area contributed by atoms with E-state index in [9.17, 15) is 15.2 Å². The highest BCUT2D eigenvalue weighted by Gasteiger charge is 2.32. The van der Waals surface area contributed by atoms with Gasteiger partial charge in [0.25, 0.3) is 0 Å². The van der Waals surface area contributed by atoms with Crippen molar-refractivity contribution in [1.29, 1.82) is 5.26 Å². The van der Waals surface area contributed by atoms with Gasteiger partial charge in [-0.3, -0.25) is 14.8 Å². The van der Waals surface area contributed by atoms with Crippen molar-refractivity contribution in [1.82, 2.24) is 15.0 Å². The maximum atomic E-state index is 11.7. The van der Waals surface area contributed by atoms with Gasteiger partial charge in [0.2, 0.25) is 0 Å². The van der Waals surface area contributed by atoms with E-state index in [1.807, 2.05) is 93.8 Å². The van der Waals surface area contributed by atoms with E-state index in [0.29, 0.717) is 11.4 Å². The van der Waals surface area contributed by atoms with Crippen molar-refractivity contribution in [3.63, 3.8) is 0 Å². The predicted molar refractivity (Wildman–Crippen MR) is 142 cm³/mol. The van der Waals surface area contributed by atoms with Crippen molar-refractivity contribution in [2.75, 3.05) is 11.4 Å². The van der Waals surface area contributed by atoms with Gasteiger partial charge in [0, 0.05) is 42.2 Å². The van der Waals surface area contributed by atoms with Gasteiger partial charge in [-0.05, 0) is 73.9 Å². The second kappa shape index (κ2) is 11.0. The van der Waals surface area contributed by atoms with E-state index in [2.05, 4.69) is 16.0 Å². The Morgan fingerprint density at radius 3 is 2.08 bits per heavy atom. The lowest BCUT2D eigenvalue weighted by Gasteiger charge is -2.36. The molecule has 0 saturated heterocycles. The number of anilines is 1. The zero-order valence-electron chi connectivity index (χ0n) is 21.1. The highest BCUT2D eigenvalue weighted by molar-refractivity contribution is 5.73. The van der Waals surface area contributed by atoms with E-state index in [1.165, 1.54) is 0 Å². The Labute approximate surface area is 217 Å². The molecule has 1 atom stereocenters. The smallest absolute Gasteiger partial charge is 0.323 e. The average molecular weight is 492 g/mol. The van der Waals surface area contributed by atoms with Gasteiger partial charge in [0.15, 0.2) is 0 Å². The molecular weight excluding hydrogens is 462 g/mol. The number of hydrogen-bond acceptors (Lipinski definition) is 6. The molecule has 0 spiro atoms. The minimum Gasteiger partial charge on any atom is -0.480 e. The monoisotopic (exact) mass is 491 g/mol. The van der Waals surface area contributed by atoms with Gasteiger partial charge in [0.05, 0.1) is 17.3 Å². The van der Waals surface area contributed by atoms with Gasteiger partial charge in [-0.1, -0.05) is 30.3 Å². The van der Waals surface area contributed by atoms with E-state index < -0.39 is 11.5 Å². The molecule has 0 bridgehead atoms. The molecule has 0 aliphatic rings. The number of carboxylic acids is 1. The number of pyridine rings is 3. The first-order chi connectivity index (χ1) is 17.8. The first kappa shape index (κ1) is 25.5. The molecule has 0 amide bonds. The Hall–Kier alpha value is -4.57. The Balaban J connectivity index is 1.96. The topological polar surface area (TPSA) is 103 Å². The molecular formula is C30H29N5O2. The zero-order chi connectivity index (χ0) is 26.4. The Kier molecular flexibility index (Phi) is 7.59. The Morgan fingerprint density at radius 1 is 0.919 bits per heavy atom. The van der Waals surface area contributed by atoms with Crippen LogP contribution in [0.1, 0.15) is 60.6 Å². The van der Waals surface area contributed by atoms with Crippen molar-refractivity contribution in [2.24, 2.45) is 0 Å². The highest BCUT2D eigenvalue weighted by Crippen LogP contribution is 2.42. The molecule has 0 aliphatic carbocycles. The molecule has 186 valence electrons. The lowest BCUT2D eigenvalue weighted by Crippen LogP contribution is -2.45. The summed E-state index contributed by atoms with van der Waals surface area (Å²) in [7, 11) is 0. The van der Waals surface area contributed by atoms with E-state index in [4.69, 9.17) is 4.98 Å². The van der Waals surface area contributed by atoms with Crippen molar-refractivity contribution in [2.45, 2.75) is 38.1 Å². The summed E-state index contributed by atoms with van der Waals surface area (Å²) in [4.78, 5) is 27.3. The average Bonchev–Trinajstić information content (AvgIpc) is 2.90. The number of nitriles is 1. The minimum atomic E-state index is -0.927. The van der Waals surface area contributed by atoms with Crippen LogP contribution in [0.5, 0.6) is 0 Å². The number of rotatable bonds is 8. The number of carboxylic acid groups (broad SMARTS) is 1. The first-order valence-corrected chi connectivity index (χ1v) is 12.0. The maximum Gasteiger partial charge on any atom is 0.323 e. The molecule has 7 nitrogen and oxygen atoms in total. The van der Waals surface area contributed by atoms with E-state index in [0.717, 1.165) is 22.4 Å². The first-order valence-electron chi connectivity index (χ1n) is 12.0. The molecule has 0 fully saturated rings. The number of carbonyl (C=O) groups is 1. The van der Waals surface area contributed by atoms with Crippen molar-refractivity contribution < 1.29 is 9.90 Å². The van der Waals surface area contributed by atoms with Crippen molar-refractivity contribution in [3.8, 4) is 6.07 Å². The summed E-state index contributed by atoms with van der Waals surface area (Å²) in [6.07, 6.45) is 7.16. The van der Waals surface area contributed by atoms with E-state index >= 15 is 0 Å². The van der Waals surface area contributed by atoms with Crippen LogP contribution in [-0.4, -0.2) is 38.1 Å². The second-order valence-electron chi connectivity index (χ2n) is 9.84. The fourth-order valence-corrected chi connectivity index (χ4v) is 4.59. The molecule has 1 N–H and O–H groups in total. The quantitative estimate of drug-likeness (QED) is 0.352. The number of aliphatic carboxylic acids is 1. The Morgan fingerprint density at radius 2 is 1.54 bits per heavy atom. The maximum absolute atomic E-state index is 11.7. The van der Waals surface area contributed by atoms with Crippen molar-refractivity contribution >= 4 is 11.8 Å². The number of benzene rings is 1. The van der Waals surface area contributed by atoms with Gasteiger partial charge < -0.3 is 10.0 Å². The third-order valence-electron chi connectivity index (χ3n) is 6.25. The molecule has 0 radical (unpaired) electrons. The molecule has 1 aromatic carbocycles. The van der Waals surface area contributed by atoms with Crippen LogP contribution in [-0.2, 0) is 4.79 Å². The molecule has 4 rings (SSSR count). The van der Waals surface area contributed by atoms with E-state index in [1.54, 1.807) is 23.4 Å². The fraction of sp³-hybridized carbons (Fsp3) is 0.233. The van der Waals surface area contributed by atoms with Crippen LogP contribution >= 0.6 is 0 Å². The lowest BCUT2D eigenvalue weighted by atomic mass is 9.76. The summed E-state index contributed by atoms with van der Waals surface area (Å²) < 4.78 is 0. The molecule has 4 aromatic rings. The zero-order valence-corrected chi connectivity index (χ0v) is 21.1. The summed E-state index contributed by atoms with van der Waals surface area (Å²) in [6.45, 7) is 5.72. The third kappa shape index (κ3) is 5.99. The molecule has 7 heteroatoms. The number of aromatic nitrogens is 3. The van der Waals surface area contributed by atoms with Gasteiger partial charge in [-0.25, -0.2) is 4.98 Å². The predicted octanol–water partition coefficient (Wildman–Crippen LogP) is 5.40. The SMILES string of the molecule is CC(C)(C)N(CC(=O)O)c1cccc(C(c2cccc(C#N)c2)C(c2cccnc2)c2cccnc2)n1. The molecule has 3 aromatic heterocycles. The second-order valence-corrected chi connectivity index (χ2v) is 9.84. The van der Waals surface area contributed by atoms with Crippen LogP contribution in [0.4, 0.5) is 5.82 Å². The molecule has 0 aliphatic heterocycles. The number of nitrogens with zero attached hydrogens (tertiary/aromatic N) is 5. The summed E-state index contributed by atoms with van der Waals surface area (Å²) in [5.74, 6) is -0.857. The third-order valence-corrected chi connectivity index (χ3v) is 6.25. The van der Waals surface area contributed by atoms with E-state index in [-0.39, 0.29) is 18.4 Å². The van der Waals surface area contributed by atoms with Crippen LogP contribution in [0.15, 0.2) is 91.5 Å². The molecule has 37 heavy (non-hydrogen) atoms. The minimum absolute atomic E-state index is 0.177. The van der Waals surface area contributed by atoms with Gasteiger partial charge in [-0.2, -0.15) is 5.26 Å². The van der Waals surface area contributed by atoms with Gasteiger partial charge in [-0.15, -0.1) is 0 Å². The normalized spacial score (nSPS) is 12.1. The summed E-state index contributed by atoms with van der Waals surface area (Å²) in [5.41, 5.74) is 3.72. The lowest BCUT2D eigenvalue weighted by molar-refractivity contribution is -0.135. The summed E-state index contributed by atoms with van der Waals surface area (Å²) in [6, 6.07) is 23.3. The van der Waals surface area contributed by atoms with Crippen LogP contribution in [0.25, 0.3) is 0 Å².